The maximum Gasteiger partial charge on any atom is 0.325 e. The molecule has 1 heterocycles. The summed E-state index contributed by atoms with van der Waals surface area (Å²) in [5.74, 6) is -1.74. The standard InChI is InChI=1S/C24H26N2O7S/c1-4-26(5-2)34(30,31)18-12-10-17(11-13-18)24(29)25-14-22(28)32-15-20(27)23-16(3)19-8-6-7-9-21(19)33-23/h6-13H,4-5,14-15H2,1-3H3,(H,25,29). The largest absolute Gasteiger partial charge is 0.456 e. The molecule has 0 saturated heterocycles. The molecule has 0 radical (unpaired) electrons. The Hall–Kier alpha value is -3.50. The van der Waals surface area contributed by atoms with Gasteiger partial charge in [0.15, 0.2) is 12.4 Å². The second-order valence-electron chi connectivity index (χ2n) is 7.43. The van der Waals surface area contributed by atoms with Crippen LogP contribution in [0.25, 0.3) is 11.0 Å². The molecule has 1 aromatic heterocycles. The van der Waals surface area contributed by atoms with E-state index in [1.165, 1.54) is 28.6 Å². The fourth-order valence-corrected chi connectivity index (χ4v) is 4.91. The minimum atomic E-state index is -3.63. The zero-order valence-corrected chi connectivity index (χ0v) is 20.0. The number of furan rings is 1. The average molecular weight is 487 g/mol. The first-order chi connectivity index (χ1) is 16.2. The SMILES string of the molecule is CCN(CC)S(=O)(=O)c1ccc(C(=O)NCC(=O)OCC(=O)c2oc3ccccc3c2C)cc1. The molecule has 0 aliphatic carbocycles. The topological polar surface area (TPSA) is 123 Å². The van der Waals surface area contributed by atoms with E-state index in [0.29, 0.717) is 24.2 Å². The molecule has 0 unspecified atom stereocenters. The van der Waals surface area contributed by atoms with Crippen LogP contribution >= 0.6 is 0 Å². The molecule has 34 heavy (non-hydrogen) atoms. The third-order valence-electron chi connectivity index (χ3n) is 5.31. The highest BCUT2D eigenvalue weighted by atomic mass is 32.2. The highest BCUT2D eigenvalue weighted by Gasteiger charge is 2.22. The van der Waals surface area contributed by atoms with Gasteiger partial charge in [0.05, 0.1) is 4.90 Å². The summed E-state index contributed by atoms with van der Waals surface area (Å²) in [4.78, 5) is 36.8. The third kappa shape index (κ3) is 5.35. The van der Waals surface area contributed by atoms with Gasteiger partial charge in [-0.2, -0.15) is 4.31 Å². The number of ketones is 1. The Balaban J connectivity index is 1.53. The Labute approximate surface area is 197 Å². The number of ether oxygens (including phenoxy) is 1. The first kappa shape index (κ1) is 25.1. The number of nitrogens with one attached hydrogen (secondary N) is 1. The van der Waals surface area contributed by atoms with Crippen LogP contribution in [0.1, 0.15) is 40.3 Å². The van der Waals surface area contributed by atoms with Crippen LogP contribution in [0.2, 0.25) is 0 Å². The van der Waals surface area contributed by atoms with E-state index in [0.717, 1.165) is 5.39 Å². The maximum atomic E-state index is 12.5. The number of para-hydroxylation sites is 1. The van der Waals surface area contributed by atoms with Crippen molar-refractivity contribution in [2.75, 3.05) is 26.2 Å². The molecule has 0 aliphatic rings. The van der Waals surface area contributed by atoms with Crippen molar-refractivity contribution >= 4 is 38.7 Å². The molecule has 0 saturated carbocycles. The molecule has 2 aromatic carbocycles. The zero-order chi connectivity index (χ0) is 24.9. The van der Waals surface area contributed by atoms with E-state index in [2.05, 4.69) is 5.32 Å². The summed E-state index contributed by atoms with van der Waals surface area (Å²) in [6.07, 6.45) is 0. The van der Waals surface area contributed by atoms with Crippen molar-refractivity contribution < 1.29 is 32.0 Å². The van der Waals surface area contributed by atoms with Gasteiger partial charge in [0.1, 0.15) is 12.1 Å². The number of fused-ring (bicyclic) bond motifs is 1. The van der Waals surface area contributed by atoms with E-state index in [1.54, 1.807) is 32.9 Å². The fraction of sp³-hybridized carbons (Fsp3) is 0.292. The molecule has 3 rings (SSSR count). The zero-order valence-electron chi connectivity index (χ0n) is 19.2. The summed E-state index contributed by atoms with van der Waals surface area (Å²) in [6.45, 7) is 4.93. The Morgan fingerprint density at radius 3 is 2.26 bits per heavy atom. The van der Waals surface area contributed by atoms with Crippen molar-refractivity contribution in [3.05, 3.63) is 65.4 Å². The lowest BCUT2D eigenvalue weighted by molar-refractivity contribution is -0.141. The number of esters is 1. The van der Waals surface area contributed by atoms with Gasteiger partial charge in [0, 0.05) is 29.6 Å². The van der Waals surface area contributed by atoms with Crippen LogP contribution in [0.15, 0.2) is 57.8 Å². The summed E-state index contributed by atoms with van der Waals surface area (Å²) >= 11 is 0. The Kier molecular flexibility index (Phi) is 7.85. The van der Waals surface area contributed by atoms with E-state index in [9.17, 15) is 22.8 Å². The lowest BCUT2D eigenvalue weighted by atomic mass is 10.1. The molecule has 3 aromatic rings. The van der Waals surface area contributed by atoms with Gasteiger partial charge in [0.2, 0.25) is 15.8 Å². The normalized spacial score (nSPS) is 11.5. The Bertz CT molecular complexity index is 1310. The highest BCUT2D eigenvalue weighted by molar-refractivity contribution is 7.89. The Morgan fingerprint density at radius 1 is 1.00 bits per heavy atom. The number of rotatable bonds is 10. The van der Waals surface area contributed by atoms with Gasteiger partial charge < -0.3 is 14.5 Å². The molecule has 0 fully saturated rings. The van der Waals surface area contributed by atoms with E-state index in [-0.39, 0.29) is 16.2 Å². The maximum absolute atomic E-state index is 12.5. The molecular formula is C24H26N2O7S. The van der Waals surface area contributed by atoms with E-state index >= 15 is 0 Å². The smallest absolute Gasteiger partial charge is 0.325 e. The molecule has 0 spiro atoms. The van der Waals surface area contributed by atoms with E-state index < -0.39 is 40.8 Å². The van der Waals surface area contributed by atoms with Gasteiger partial charge >= 0.3 is 5.97 Å². The van der Waals surface area contributed by atoms with Crippen LogP contribution < -0.4 is 5.32 Å². The highest BCUT2D eigenvalue weighted by Crippen LogP contribution is 2.25. The molecule has 9 nitrogen and oxygen atoms in total. The van der Waals surface area contributed by atoms with Crippen molar-refractivity contribution in [2.24, 2.45) is 0 Å². The number of carbonyl (C=O) groups excluding carboxylic acids is 3. The molecule has 180 valence electrons. The number of carbonyl (C=O) groups is 3. The van der Waals surface area contributed by atoms with Gasteiger partial charge in [0.25, 0.3) is 5.91 Å². The number of Topliss-reactive ketones (excluding diaryl/α,β-unsaturated/α-hetero) is 1. The van der Waals surface area contributed by atoms with E-state index in [1.807, 2.05) is 12.1 Å². The molecule has 10 heteroatoms. The minimum Gasteiger partial charge on any atom is -0.456 e. The fourth-order valence-electron chi connectivity index (χ4n) is 3.45. The number of hydrogen-bond donors (Lipinski definition) is 1. The van der Waals surface area contributed by atoms with Gasteiger partial charge in [-0.1, -0.05) is 32.0 Å². The molecule has 0 aliphatic heterocycles. The van der Waals surface area contributed by atoms with Crippen LogP contribution in [0.4, 0.5) is 0 Å². The predicted octanol–water partition coefficient (Wildman–Crippen LogP) is 2.93. The molecular weight excluding hydrogens is 460 g/mol. The van der Waals surface area contributed by atoms with Gasteiger partial charge in [-0.3, -0.25) is 14.4 Å². The first-order valence-electron chi connectivity index (χ1n) is 10.7. The summed E-state index contributed by atoms with van der Waals surface area (Å²) in [7, 11) is -3.63. The van der Waals surface area contributed by atoms with Crippen LogP contribution in [0.3, 0.4) is 0 Å². The molecule has 1 N–H and O–H groups in total. The summed E-state index contributed by atoms with van der Waals surface area (Å²) < 4.78 is 36.9. The summed E-state index contributed by atoms with van der Waals surface area (Å²) in [6, 6.07) is 12.6. The molecule has 0 bridgehead atoms. The number of benzene rings is 2. The first-order valence-corrected chi connectivity index (χ1v) is 12.2. The van der Waals surface area contributed by atoms with Crippen molar-refractivity contribution in [1.82, 2.24) is 9.62 Å². The number of amides is 1. The van der Waals surface area contributed by atoms with Gasteiger partial charge in [-0.25, -0.2) is 8.42 Å². The monoisotopic (exact) mass is 486 g/mol. The summed E-state index contributed by atoms with van der Waals surface area (Å²) in [5, 5.41) is 3.20. The second kappa shape index (κ2) is 10.6. The van der Waals surface area contributed by atoms with Crippen molar-refractivity contribution in [3.63, 3.8) is 0 Å². The Morgan fingerprint density at radius 2 is 1.65 bits per heavy atom. The van der Waals surface area contributed by atoms with Crippen molar-refractivity contribution in [2.45, 2.75) is 25.7 Å². The number of aryl methyl sites for hydroxylation is 1. The lowest BCUT2D eigenvalue weighted by Crippen LogP contribution is -2.32. The van der Waals surface area contributed by atoms with Crippen LogP contribution in [-0.2, 0) is 19.6 Å². The van der Waals surface area contributed by atoms with Crippen molar-refractivity contribution in [1.29, 1.82) is 0 Å². The summed E-state index contributed by atoms with van der Waals surface area (Å²) in [5.41, 5.74) is 1.41. The van der Waals surface area contributed by atoms with Gasteiger partial charge in [-0.15, -0.1) is 0 Å². The van der Waals surface area contributed by atoms with Crippen LogP contribution in [-0.4, -0.2) is 56.6 Å². The third-order valence-corrected chi connectivity index (χ3v) is 7.38. The van der Waals surface area contributed by atoms with Gasteiger partial charge in [-0.05, 0) is 37.3 Å². The number of hydrogen-bond acceptors (Lipinski definition) is 7. The average Bonchev–Trinajstić information content (AvgIpc) is 3.18. The predicted molar refractivity (Wildman–Crippen MR) is 125 cm³/mol. The molecule has 0 atom stereocenters. The minimum absolute atomic E-state index is 0.0755. The van der Waals surface area contributed by atoms with Crippen LogP contribution in [0, 0.1) is 6.92 Å². The molecule has 1 amide bonds. The number of nitrogens with zero attached hydrogens (tertiary/aromatic N) is 1. The number of sulfonamides is 1. The van der Waals surface area contributed by atoms with E-state index in [4.69, 9.17) is 9.15 Å². The van der Waals surface area contributed by atoms with Crippen LogP contribution in [0.5, 0.6) is 0 Å². The lowest BCUT2D eigenvalue weighted by Gasteiger charge is -2.18. The van der Waals surface area contributed by atoms with Crippen molar-refractivity contribution in [3.8, 4) is 0 Å². The quantitative estimate of drug-likeness (QED) is 0.345. The second-order valence-corrected chi connectivity index (χ2v) is 9.37.